The molecule has 0 saturated carbocycles. The second-order valence-corrected chi connectivity index (χ2v) is 6.55. The number of nitrogens with one attached hydrogen (secondary N) is 1. The molecule has 8 nitrogen and oxygen atoms in total. The molecule has 0 aliphatic heterocycles. The zero-order valence-corrected chi connectivity index (χ0v) is 15.7. The standard InChI is InChI=1S/C18H16ClFN2O6/c1-18(2,28-13-6-4-12(20)5-7-13)17(24)27-10-16(23)21-14-8-3-11(19)9-15(14)22(25)26/h3-9H,10H2,1-2H3,(H,21,23). The van der Waals surface area contributed by atoms with E-state index < -0.39 is 40.5 Å². The Morgan fingerprint density at radius 2 is 1.86 bits per heavy atom. The molecule has 1 amide bonds. The first-order valence-corrected chi connectivity index (χ1v) is 8.32. The minimum atomic E-state index is -1.45. The Hall–Kier alpha value is -3.20. The number of hydrogen-bond donors (Lipinski definition) is 1. The van der Waals surface area contributed by atoms with Crippen molar-refractivity contribution in [1.29, 1.82) is 0 Å². The van der Waals surface area contributed by atoms with E-state index in [4.69, 9.17) is 21.1 Å². The minimum absolute atomic E-state index is 0.0859. The van der Waals surface area contributed by atoms with Crippen molar-refractivity contribution in [2.75, 3.05) is 11.9 Å². The average molecular weight is 411 g/mol. The SMILES string of the molecule is CC(C)(Oc1ccc(F)cc1)C(=O)OCC(=O)Nc1ccc(Cl)cc1[N+](=O)[O-]. The fourth-order valence-electron chi connectivity index (χ4n) is 2.09. The van der Waals surface area contributed by atoms with Crippen LogP contribution in [0.15, 0.2) is 42.5 Å². The first-order chi connectivity index (χ1) is 13.1. The summed E-state index contributed by atoms with van der Waals surface area (Å²) in [5.41, 5.74) is -1.94. The van der Waals surface area contributed by atoms with Gasteiger partial charge in [0.1, 0.15) is 17.3 Å². The Bertz CT molecular complexity index is 901. The second-order valence-electron chi connectivity index (χ2n) is 6.11. The van der Waals surface area contributed by atoms with Gasteiger partial charge < -0.3 is 14.8 Å². The normalized spacial score (nSPS) is 10.9. The summed E-state index contributed by atoms with van der Waals surface area (Å²) in [4.78, 5) is 34.5. The molecule has 0 bridgehead atoms. The molecule has 0 radical (unpaired) electrons. The predicted octanol–water partition coefficient (Wildman–Crippen LogP) is 3.73. The first kappa shape index (κ1) is 21.1. The van der Waals surface area contributed by atoms with Crippen LogP contribution in [0.5, 0.6) is 5.75 Å². The van der Waals surface area contributed by atoms with E-state index in [9.17, 15) is 24.1 Å². The highest BCUT2D eigenvalue weighted by atomic mass is 35.5. The summed E-state index contributed by atoms with van der Waals surface area (Å²) in [6, 6.07) is 8.75. The van der Waals surface area contributed by atoms with Crippen LogP contribution in [0.25, 0.3) is 0 Å². The summed E-state index contributed by atoms with van der Waals surface area (Å²) in [6.45, 7) is 2.15. The number of benzene rings is 2. The van der Waals surface area contributed by atoms with Gasteiger partial charge >= 0.3 is 5.97 Å². The van der Waals surface area contributed by atoms with E-state index >= 15 is 0 Å². The summed E-state index contributed by atoms with van der Waals surface area (Å²) < 4.78 is 23.3. The summed E-state index contributed by atoms with van der Waals surface area (Å²) in [5, 5.41) is 13.4. The van der Waals surface area contributed by atoms with E-state index in [1.54, 1.807) is 0 Å². The van der Waals surface area contributed by atoms with Crippen molar-refractivity contribution < 1.29 is 28.4 Å². The Balaban J connectivity index is 1.95. The van der Waals surface area contributed by atoms with Crippen molar-refractivity contribution in [1.82, 2.24) is 0 Å². The Morgan fingerprint density at radius 1 is 1.21 bits per heavy atom. The third kappa shape index (κ3) is 5.65. The van der Waals surface area contributed by atoms with Crippen LogP contribution in [0.4, 0.5) is 15.8 Å². The quantitative estimate of drug-likeness (QED) is 0.423. The van der Waals surface area contributed by atoms with E-state index in [0.29, 0.717) is 0 Å². The van der Waals surface area contributed by atoms with Gasteiger partial charge in [-0.2, -0.15) is 0 Å². The highest BCUT2D eigenvalue weighted by Crippen LogP contribution is 2.27. The molecule has 0 saturated heterocycles. The van der Waals surface area contributed by atoms with Crippen molar-refractivity contribution >= 4 is 34.9 Å². The number of ether oxygens (including phenoxy) is 2. The number of amides is 1. The van der Waals surface area contributed by atoms with Crippen LogP contribution >= 0.6 is 11.6 Å². The molecule has 0 heterocycles. The Kier molecular flexibility index (Phi) is 6.53. The van der Waals surface area contributed by atoms with Crippen LogP contribution in [-0.2, 0) is 14.3 Å². The number of nitro groups is 1. The predicted molar refractivity (Wildman–Crippen MR) is 98.8 cm³/mol. The molecule has 148 valence electrons. The lowest BCUT2D eigenvalue weighted by Gasteiger charge is -2.24. The number of nitro benzene ring substituents is 1. The highest BCUT2D eigenvalue weighted by molar-refractivity contribution is 6.31. The minimum Gasteiger partial charge on any atom is -0.476 e. The molecule has 2 aromatic rings. The molecule has 0 fully saturated rings. The molecular weight excluding hydrogens is 395 g/mol. The van der Waals surface area contributed by atoms with Gasteiger partial charge in [-0.3, -0.25) is 14.9 Å². The summed E-state index contributed by atoms with van der Waals surface area (Å²) in [6.07, 6.45) is 0. The molecule has 0 aromatic heterocycles. The average Bonchev–Trinajstić information content (AvgIpc) is 2.62. The zero-order valence-electron chi connectivity index (χ0n) is 14.9. The smallest absolute Gasteiger partial charge is 0.350 e. The lowest BCUT2D eigenvalue weighted by Crippen LogP contribution is -2.41. The van der Waals surface area contributed by atoms with Crippen LogP contribution in [0, 0.1) is 15.9 Å². The number of carbonyl (C=O) groups is 2. The number of rotatable bonds is 7. The molecule has 0 aliphatic carbocycles. The lowest BCUT2D eigenvalue weighted by molar-refractivity contribution is -0.383. The van der Waals surface area contributed by atoms with Gasteiger partial charge in [-0.1, -0.05) is 11.6 Å². The van der Waals surface area contributed by atoms with Gasteiger partial charge in [-0.05, 0) is 50.2 Å². The van der Waals surface area contributed by atoms with Crippen molar-refractivity contribution in [3.63, 3.8) is 0 Å². The van der Waals surface area contributed by atoms with E-state index in [2.05, 4.69) is 5.32 Å². The van der Waals surface area contributed by atoms with Crippen LogP contribution in [0.1, 0.15) is 13.8 Å². The molecule has 10 heteroatoms. The number of anilines is 1. The van der Waals surface area contributed by atoms with Gasteiger partial charge in [0, 0.05) is 11.1 Å². The van der Waals surface area contributed by atoms with Crippen LogP contribution in [-0.4, -0.2) is 29.0 Å². The number of carbonyl (C=O) groups excluding carboxylic acids is 2. The first-order valence-electron chi connectivity index (χ1n) is 7.94. The van der Waals surface area contributed by atoms with Crippen LogP contribution in [0.3, 0.4) is 0 Å². The van der Waals surface area contributed by atoms with Crippen molar-refractivity contribution in [2.45, 2.75) is 19.4 Å². The van der Waals surface area contributed by atoms with Gasteiger partial charge in [-0.15, -0.1) is 0 Å². The van der Waals surface area contributed by atoms with Gasteiger partial charge in [0.2, 0.25) is 0 Å². The third-order valence-electron chi connectivity index (χ3n) is 3.44. The maximum atomic E-state index is 12.9. The summed E-state index contributed by atoms with van der Waals surface area (Å²) in [5.74, 6) is -1.85. The van der Waals surface area contributed by atoms with Gasteiger partial charge in [0.15, 0.2) is 12.2 Å². The number of nitrogens with zero attached hydrogens (tertiary/aromatic N) is 1. The Morgan fingerprint density at radius 3 is 2.46 bits per heavy atom. The topological polar surface area (TPSA) is 108 Å². The molecule has 0 unspecified atom stereocenters. The number of halogens is 2. The van der Waals surface area contributed by atoms with E-state index in [-0.39, 0.29) is 16.5 Å². The highest BCUT2D eigenvalue weighted by Gasteiger charge is 2.32. The maximum absolute atomic E-state index is 12.9. The molecule has 2 aromatic carbocycles. The fourth-order valence-corrected chi connectivity index (χ4v) is 2.26. The fraction of sp³-hybridized carbons (Fsp3) is 0.222. The molecular formula is C18H16ClFN2O6. The number of esters is 1. The van der Waals surface area contributed by atoms with E-state index in [1.165, 1.54) is 50.2 Å². The maximum Gasteiger partial charge on any atom is 0.350 e. The lowest BCUT2D eigenvalue weighted by atomic mass is 10.1. The van der Waals surface area contributed by atoms with Crippen molar-refractivity contribution in [2.24, 2.45) is 0 Å². The third-order valence-corrected chi connectivity index (χ3v) is 3.68. The van der Waals surface area contributed by atoms with Crippen LogP contribution in [0.2, 0.25) is 5.02 Å². The van der Waals surface area contributed by atoms with E-state index in [1.807, 2.05) is 0 Å². The van der Waals surface area contributed by atoms with Crippen molar-refractivity contribution in [3.05, 3.63) is 63.4 Å². The molecule has 0 aliphatic rings. The summed E-state index contributed by atoms with van der Waals surface area (Å²) in [7, 11) is 0. The van der Waals surface area contributed by atoms with Crippen LogP contribution < -0.4 is 10.1 Å². The molecule has 1 N–H and O–H groups in total. The molecule has 0 spiro atoms. The zero-order chi connectivity index (χ0) is 20.9. The monoisotopic (exact) mass is 410 g/mol. The van der Waals surface area contributed by atoms with Crippen molar-refractivity contribution in [3.8, 4) is 5.75 Å². The molecule has 28 heavy (non-hydrogen) atoms. The summed E-state index contributed by atoms with van der Waals surface area (Å²) >= 11 is 5.70. The van der Waals surface area contributed by atoms with Gasteiger partial charge in [-0.25, -0.2) is 9.18 Å². The van der Waals surface area contributed by atoms with E-state index in [0.717, 1.165) is 6.07 Å². The molecule has 2 rings (SSSR count). The van der Waals surface area contributed by atoms with Gasteiger partial charge in [0.05, 0.1) is 4.92 Å². The molecule has 0 atom stereocenters. The second kappa shape index (κ2) is 8.66. The van der Waals surface area contributed by atoms with Gasteiger partial charge in [0.25, 0.3) is 11.6 Å². The Labute approximate surface area is 164 Å². The number of hydrogen-bond acceptors (Lipinski definition) is 6. The largest absolute Gasteiger partial charge is 0.476 e.